The van der Waals surface area contributed by atoms with Crippen molar-refractivity contribution < 1.29 is 4.79 Å². The average molecular weight is 226 g/mol. The molecule has 3 heteroatoms. The lowest BCUT2D eigenvalue weighted by atomic mass is 10.0. The van der Waals surface area contributed by atoms with Crippen molar-refractivity contribution in [1.29, 1.82) is 0 Å². The van der Waals surface area contributed by atoms with Crippen molar-refractivity contribution in [2.45, 2.75) is 65.0 Å². The highest BCUT2D eigenvalue weighted by Crippen LogP contribution is 2.18. The standard InChI is InChI=1S/C13H26N2O/c1-4-10(2)9-11(3)14-8-7-13(16)15-12-5-6-12/h10-12,14H,4-9H2,1-3H3,(H,15,16). The first-order valence-corrected chi connectivity index (χ1v) is 6.64. The van der Waals surface area contributed by atoms with Crippen LogP contribution >= 0.6 is 0 Å². The molecule has 1 rings (SSSR count). The topological polar surface area (TPSA) is 41.1 Å². The second-order valence-corrected chi connectivity index (χ2v) is 5.20. The lowest BCUT2D eigenvalue weighted by Crippen LogP contribution is -2.33. The van der Waals surface area contributed by atoms with Crippen LogP contribution in [0.1, 0.15) is 52.9 Å². The summed E-state index contributed by atoms with van der Waals surface area (Å²) in [5.74, 6) is 0.966. The Bertz CT molecular complexity index is 214. The van der Waals surface area contributed by atoms with Gasteiger partial charge in [-0.25, -0.2) is 0 Å². The average Bonchev–Trinajstić information content (AvgIpc) is 3.01. The maximum Gasteiger partial charge on any atom is 0.221 e. The first-order valence-electron chi connectivity index (χ1n) is 6.64. The molecular weight excluding hydrogens is 200 g/mol. The Kier molecular flexibility index (Phi) is 5.81. The van der Waals surface area contributed by atoms with Crippen molar-refractivity contribution in [3.8, 4) is 0 Å². The van der Waals surface area contributed by atoms with E-state index in [1.807, 2.05) is 0 Å². The lowest BCUT2D eigenvalue weighted by molar-refractivity contribution is -0.121. The third-order valence-corrected chi connectivity index (χ3v) is 3.24. The summed E-state index contributed by atoms with van der Waals surface area (Å²) >= 11 is 0. The van der Waals surface area contributed by atoms with E-state index in [-0.39, 0.29) is 5.91 Å². The summed E-state index contributed by atoms with van der Waals surface area (Å²) in [7, 11) is 0. The highest BCUT2D eigenvalue weighted by Gasteiger charge is 2.22. The van der Waals surface area contributed by atoms with Gasteiger partial charge in [-0.3, -0.25) is 4.79 Å². The van der Waals surface area contributed by atoms with Crippen molar-refractivity contribution in [2.75, 3.05) is 6.54 Å². The molecule has 0 aromatic carbocycles. The van der Waals surface area contributed by atoms with Gasteiger partial charge in [0.1, 0.15) is 0 Å². The second-order valence-electron chi connectivity index (χ2n) is 5.20. The smallest absolute Gasteiger partial charge is 0.221 e. The van der Waals surface area contributed by atoms with Gasteiger partial charge in [-0.2, -0.15) is 0 Å². The van der Waals surface area contributed by atoms with Crippen molar-refractivity contribution in [2.24, 2.45) is 5.92 Å². The molecule has 2 unspecified atom stereocenters. The molecule has 0 radical (unpaired) electrons. The molecule has 1 amide bonds. The van der Waals surface area contributed by atoms with E-state index in [1.54, 1.807) is 0 Å². The highest BCUT2D eigenvalue weighted by atomic mass is 16.1. The van der Waals surface area contributed by atoms with E-state index in [0.717, 1.165) is 12.5 Å². The van der Waals surface area contributed by atoms with Gasteiger partial charge >= 0.3 is 0 Å². The van der Waals surface area contributed by atoms with Gasteiger partial charge in [-0.05, 0) is 32.1 Å². The maximum absolute atomic E-state index is 11.4. The summed E-state index contributed by atoms with van der Waals surface area (Å²) in [6.07, 6.45) is 5.38. The molecule has 16 heavy (non-hydrogen) atoms. The molecule has 1 aliphatic carbocycles. The first-order chi connectivity index (χ1) is 7.61. The molecule has 3 nitrogen and oxygen atoms in total. The minimum absolute atomic E-state index is 0.200. The van der Waals surface area contributed by atoms with E-state index in [2.05, 4.69) is 31.4 Å². The van der Waals surface area contributed by atoms with Gasteiger partial charge in [-0.15, -0.1) is 0 Å². The Morgan fingerprint density at radius 1 is 1.38 bits per heavy atom. The Balaban J connectivity index is 1.98. The van der Waals surface area contributed by atoms with E-state index in [1.165, 1.54) is 25.7 Å². The van der Waals surface area contributed by atoms with Crippen LogP contribution in [0.25, 0.3) is 0 Å². The van der Waals surface area contributed by atoms with E-state index < -0.39 is 0 Å². The number of carbonyl (C=O) groups is 1. The van der Waals surface area contributed by atoms with Gasteiger partial charge in [0, 0.05) is 25.0 Å². The monoisotopic (exact) mass is 226 g/mol. The molecule has 0 aromatic heterocycles. The van der Waals surface area contributed by atoms with Crippen LogP contribution in [-0.4, -0.2) is 24.5 Å². The Hall–Kier alpha value is -0.570. The van der Waals surface area contributed by atoms with E-state index in [4.69, 9.17) is 0 Å². The zero-order chi connectivity index (χ0) is 12.0. The van der Waals surface area contributed by atoms with Crippen molar-refractivity contribution >= 4 is 5.91 Å². The number of amides is 1. The van der Waals surface area contributed by atoms with E-state index in [0.29, 0.717) is 18.5 Å². The molecule has 0 saturated heterocycles. The largest absolute Gasteiger partial charge is 0.353 e. The summed E-state index contributed by atoms with van der Waals surface area (Å²) in [6.45, 7) is 7.50. The molecule has 0 heterocycles. The third-order valence-electron chi connectivity index (χ3n) is 3.24. The summed E-state index contributed by atoms with van der Waals surface area (Å²) in [6, 6.07) is 1.01. The van der Waals surface area contributed by atoms with Gasteiger partial charge in [0.05, 0.1) is 0 Å². The van der Waals surface area contributed by atoms with Crippen molar-refractivity contribution in [1.82, 2.24) is 10.6 Å². The van der Waals surface area contributed by atoms with Gasteiger partial charge in [0.15, 0.2) is 0 Å². The molecule has 2 N–H and O–H groups in total. The zero-order valence-corrected chi connectivity index (χ0v) is 10.9. The van der Waals surface area contributed by atoms with E-state index in [9.17, 15) is 4.79 Å². The molecule has 2 atom stereocenters. The summed E-state index contributed by atoms with van der Waals surface area (Å²) in [5.41, 5.74) is 0. The molecule has 0 bridgehead atoms. The Morgan fingerprint density at radius 2 is 2.06 bits per heavy atom. The van der Waals surface area contributed by atoms with Crippen LogP contribution in [0.15, 0.2) is 0 Å². The fourth-order valence-electron chi connectivity index (χ4n) is 1.81. The molecule has 0 aliphatic heterocycles. The Morgan fingerprint density at radius 3 is 2.62 bits per heavy atom. The number of nitrogens with one attached hydrogen (secondary N) is 2. The van der Waals surface area contributed by atoms with Crippen LogP contribution in [0.5, 0.6) is 0 Å². The summed E-state index contributed by atoms with van der Waals surface area (Å²) < 4.78 is 0. The fourth-order valence-corrected chi connectivity index (χ4v) is 1.81. The van der Waals surface area contributed by atoms with Crippen LogP contribution in [0.3, 0.4) is 0 Å². The van der Waals surface area contributed by atoms with Gasteiger partial charge < -0.3 is 10.6 Å². The van der Waals surface area contributed by atoms with Crippen LogP contribution < -0.4 is 10.6 Å². The number of hydrogen-bond acceptors (Lipinski definition) is 2. The number of rotatable bonds is 8. The minimum atomic E-state index is 0.200. The molecule has 0 spiro atoms. The fraction of sp³-hybridized carbons (Fsp3) is 0.923. The van der Waals surface area contributed by atoms with Crippen molar-refractivity contribution in [3.05, 3.63) is 0 Å². The van der Waals surface area contributed by atoms with Crippen LogP contribution in [0, 0.1) is 5.92 Å². The highest BCUT2D eigenvalue weighted by molar-refractivity contribution is 5.76. The SMILES string of the molecule is CCC(C)CC(C)NCCC(=O)NC1CC1. The van der Waals surface area contributed by atoms with Crippen LogP contribution in [-0.2, 0) is 4.79 Å². The molecular formula is C13H26N2O. The molecule has 0 aromatic rings. The number of hydrogen-bond donors (Lipinski definition) is 2. The normalized spacial score (nSPS) is 19.2. The van der Waals surface area contributed by atoms with Crippen LogP contribution in [0.4, 0.5) is 0 Å². The summed E-state index contributed by atoms with van der Waals surface area (Å²) in [5, 5.41) is 6.41. The molecule has 1 fully saturated rings. The van der Waals surface area contributed by atoms with Crippen molar-refractivity contribution in [3.63, 3.8) is 0 Å². The second kappa shape index (κ2) is 6.89. The third kappa shape index (κ3) is 6.11. The molecule has 1 saturated carbocycles. The van der Waals surface area contributed by atoms with E-state index >= 15 is 0 Å². The van der Waals surface area contributed by atoms with Gasteiger partial charge in [-0.1, -0.05) is 20.3 Å². The maximum atomic E-state index is 11.4. The van der Waals surface area contributed by atoms with Gasteiger partial charge in [0.25, 0.3) is 0 Å². The summed E-state index contributed by atoms with van der Waals surface area (Å²) in [4.78, 5) is 11.4. The zero-order valence-electron chi connectivity index (χ0n) is 10.9. The Labute approximate surface area is 99.4 Å². The quantitative estimate of drug-likeness (QED) is 0.665. The minimum Gasteiger partial charge on any atom is -0.353 e. The predicted octanol–water partition coefficient (Wildman–Crippen LogP) is 2.07. The first kappa shape index (κ1) is 13.5. The molecule has 94 valence electrons. The van der Waals surface area contributed by atoms with Gasteiger partial charge in [0.2, 0.25) is 5.91 Å². The van der Waals surface area contributed by atoms with Crippen LogP contribution in [0.2, 0.25) is 0 Å². The lowest BCUT2D eigenvalue weighted by Gasteiger charge is -2.17. The predicted molar refractivity (Wildman–Crippen MR) is 67.3 cm³/mol. The number of carbonyl (C=O) groups excluding carboxylic acids is 1. The molecule has 1 aliphatic rings.